The maximum absolute atomic E-state index is 12.8. The lowest BCUT2D eigenvalue weighted by Crippen LogP contribution is -2.31. The second kappa shape index (κ2) is 8.13. The molecule has 0 saturated carbocycles. The molecule has 1 aliphatic rings. The first kappa shape index (κ1) is 18.6. The maximum Gasteiger partial charge on any atom is 0.342 e. The molecule has 0 aliphatic carbocycles. The summed E-state index contributed by atoms with van der Waals surface area (Å²) in [4.78, 5) is 17.1. The third kappa shape index (κ3) is 3.87. The molecule has 0 bridgehead atoms. The molecule has 4 aromatic rings. The molecule has 5 rings (SSSR count). The van der Waals surface area contributed by atoms with E-state index in [4.69, 9.17) is 0 Å². The fourth-order valence-corrected chi connectivity index (χ4v) is 3.47. The van der Waals surface area contributed by atoms with Crippen LogP contribution in [0.4, 0.5) is 10.5 Å². The van der Waals surface area contributed by atoms with Gasteiger partial charge in [0.15, 0.2) is 5.65 Å². The van der Waals surface area contributed by atoms with Crippen molar-refractivity contribution in [1.29, 1.82) is 0 Å². The molecule has 0 saturated heterocycles. The van der Waals surface area contributed by atoms with Crippen LogP contribution in [-0.2, 0) is 0 Å². The number of amides is 2. The average Bonchev–Trinajstić information content (AvgIpc) is 3.46. The highest BCUT2D eigenvalue weighted by atomic mass is 16.2. The van der Waals surface area contributed by atoms with Crippen molar-refractivity contribution in [3.63, 3.8) is 0 Å². The summed E-state index contributed by atoms with van der Waals surface area (Å²) in [7, 11) is 0. The van der Waals surface area contributed by atoms with Gasteiger partial charge >= 0.3 is 6.03 Å². The van der Waals surface area contributed by atoms with Crippen molar-refractivity contribution in [2.24, 2.45) is 5.10 Å². The molecular formula is C24H18N6O. The van der Waals surface area contributed by atoms with Crippen LogP contribution in [0.2, 0.25) is 0 Å². The summed E-state index contributed by atoms with van der Waals surface area (Å²) in [6.45, 7) is 0. The largest absolute Gasteiger partial charge is 0.342 e. The van der Waals surface area contributed by atoms with Crippen molar-refractivity contribution in [3.8, 4) is 11.8 Å². The highest BCUT2D eigenvalue weighted by Gasteiger charge is 2.28. The van der Waals surface area contributed by atoms with Gasteiger partial charge in [0.05, 0.1) is 12.2 Å². The number of carbonyl (C=O) groups is 1. The lowest BCUT2D eigenvalue weighted by Gasteiger charge is -2.22. The van der Waals surface area contributed by atoms with Gasteiger partial charge in [0.25, 0.3) is 0 Å². The van der Waals surface area contributed by atoms with E-state index in [9.17, 15) is 4.79 Å². The standard InChI is InChI=1S/C24H18N6O/c31-24(30-22(13-15-27-30)19-7-2-1-3-8-19)28-20-9-4-6-18(16-20)11-12-21-17-25-23-10-5-14-26-29(21)23/h1-10,14-17,22H,13H2,(H,28,31). The first-order chi connectivity index (χ1) is 15.3. The van der Waals surface area contributed by atoms with Gasteiger partial charge < -0.3 is 5.32 Å². The summed E-state index contributed by atoms with van der Waals surface area (Å²) >= 11 is 0. The first-order valence-electron chi connectivity index (χ1n) is 9.86. The van der Waals surface area contributed by atoms with Crippen molar-refractivity contribution in [2.75, 3.05) is 5.32 Å². The van der Waals surface area contributed by atoms with Crippen LogP contribution in [0, 0.1) is 11.8 Å². The van der Waals surface area contributed by atoms with Crippen molar-refractivity contribution < 1.29 is 4.79 Å². The molecule has 1 atom stereocenters. The topological polar surface area (TPSA) is 74.9 Å². The number of rotatable bonds is 2. The number of aromatic nitrogens is 3. The predicted octanol–water partition coefficient (Wildman–Crippen LogP) is 4.09. The Morgan fingerprint density at radius 1 is 1.03 bits per heavy atom. The van der Waals surface area contributed by atoms with E-state index < -0.39 is 0 Å². The number of hydrazone groups is 1. The van der Waals surface area contributed by atoms with Gasteiger partial charge in [-0.2, -0.15) is 10.2 Å². The van der Waals surface area contributed by atoms with E-state index in [1.165, 1.54) is 5.01 Å². The molecule has 0 radical (unpaired) electrons. The van der Waals surface area contributed by atoms with Crippen molar-refractivity contribution in [2.45, 2.75) is 12.5 Å². The average molecular weight is 406 g/mol. The van der Waals surface area contributed by atoms with Crippen LogP contribution in [0.25, 0.3) is 5.65 Å². The SMILES string of the molecule is O=C(Nc1cccc(C#Cc2cnc3cccnn23)c1)N1N=CCC1c1ccccc1. The maximum atomic E-state index is 12.8. The van der Waals surface area contributed by atoms with Gasteiger partial charge in [-0.1, -0.05) is 42.3 Å². The zero-order valence-corrected chi connectivity index (χ0v) is 16.5. The van der Waals surface area contributed by atoms with Crippen LogP contribution in [0.15, 0.2) is 84.2 Å². The van der Waals surface area contributed by atoms with Crippen LogP contribution in [0.5, 0.6) is 0 Å². The molecule has 1 aliphatic heterocycles. The van der Waals surface area contributed by atoms with Crippen LogP contribution in [0.1, 0.15) is 29.3 Å². The smallest absolute Gasteiger partial charge is 0.306 e. The minimum Gasteiger partial charge on any atom is -0.306 e. The Morgan fingerprint density at radius 2 is 1.94 bits per heavy atom. The van der Waals surface area contributed by atoms with Gasteiger partial charge in [0, 0.05) is 30.1 Å². The van der Waals surface area contributed by atoms with E-state index >= 15 is 0 Å². The minimum absolute atomic E-state index is 0.105. The number of hydrogen-bond acceptors (Lipinski definition) is 4. The molecule has 150 valence electrons. The Kier molecular flexibility index (Phi) is 4.87. The van der Waals surface area contributed by atoms with Crippen LogP contribution in [-0.4, -0.2) is 31.9 Å². The quantitative estimate of drug-likeness (QED) is 0.510. The number of hydrogen-bond donors (Lipinski definition) is 1. The van der Waals surface area contributed by atoms with Gasteiger partial charge in [-0.25, -0.2) is 19.3 Å². The van der Waals surface area contributed by atoms with Crippen LogP contribution in [0.3, 0.4) is 0 Å². The Balaban J connectivity index is 1.33. The van der Waals surface area contributed by atoms with Gasteiger partial charge in [0.1, 0.15) is 5.69 Å². The number of carbonyl (C=O) groups excluding carboxylic acids is 1. The summed E-state index contributed by atoms with van der Waals surface area (Å²) < 4.78 is 1.69. The number of imidazole rings is 1. The molecule has 1 N–H and O–H groups in total. The molecule has 2 aromatic carbocycles. The van der Waals surface area contributed by atoms with E-state index in [1.807, 2.05) is 66.7 Å². The number of fused-ring (bicyclic) bond motifs is 1. The summed E-state index contributed by atoms with van der Waals surface area (Å²) in [5.41, 5.74) is 3.92. The molecule has 3 heterocycles. The summed E-state index contributed by atoms with van der Waals surface area (Å²) in [5, 5.41) is 12.9. The first-order valence-corrected chi connectivity index (χ1v) is 9.86. The van der Waals surface area contributed by atoms with Crippen LogP contribution < -0.4 is 5.32 Å². The van der Waals surface area contributed by atoms with Gasteiger partial charge in [-0.15, -0.1) is 0 Å². The van der Waals surface area contributed by atoms with Gasteiger partial charge in [-0.05, 0) is 41.8 Å². The molecule has 2 aromatic heterocycles. The van der Waals surface area contributed by atoms with E-state index in [0.717, 1.165) is 16.8 Å². The molecule has 31 heavy (non-hydrogen) atoms. The van der Waals surface area contributed by atoms with Crippen molar-refractivity contribution >= 4 is 23.6 Å². The molecule has 2 amide bonds. The number of benzene rings is 2. The van der Waals surface area contributed by atoms with E-state index in [2.05, 4.69) is 32.3 Å². The normalized spacial score (nSPS) is 15.0. The Labute approximate surface area is 179 Å². The van der Waals surface area contributed by atoms with Crippen molar-refractivity contribution in [1.82, 2.24) is 19.6 Å². The Bertz CT molecular complexity index is 1330. The van der Waals surface area contributed by atoms with Crippen molar-refractivity contribution in [3.05, 3.63) is 95.9 Å². The lowest BCUT2D eigenvalue weighted by molar-refractivity contribution is 0.200. The number of nitrogens with zero attached hydrogens (tertiary/aromatic N) is 5. The Hall–Kier alpha value is -4.44. The highest BCUT2D eigenvalue weighted by Crippen LogP contribution is 2.28. The zero-order chi connectivity index (χ0) is 21.0. The predicted molar refractivity (Wildman–Crippen MR) is 119 cm³/mol. The number of urea groups is 1. The molecule has 7 heteroatoms. The third-order valence-corrected chi connectivity index (χ3v) is 4.95. The second-order valence-corrected chi connectivity index (χ2v) is 7.00. The second-order valence-electron chi connectivity index (χ2n) is 7.00. The highest BCUT2D eigenvalue weighted by molar-refractivity contribution is 5.91. The zero-order valence-electron chi connectivity index (χ0n) is 16.5. The number of nitrogens with one attached hydrogen (secondary N) is 1. The van der Waals surface area contributed by atoms with Gasteiger partial charge in [-0.3, -0.25) is 0 Å². The monoisotopic (exact) mass is 406 g/mol. The van der Waals surface area contributed by atoms with Gasteiger partial charge in [0.2, 0.25) is 0 Å². The number of anilines is 1. The fraction of sp³-hybridized carbons (Fsp3) is 0.0833. The molecule has 0 spiro atoms. The fourth-order valence-electron chi connectivity index (χ4n) is 3.47. The molecule has 0 fully saturated rings. The summed E-state index contributed by atoms with van der Waals surface area (Å²) in [6, 6.07) is 20.6. The van der Waals surface area contributed by atoms with E-state index in [1.54, 1.807) is 23.1 Å². The van der Waals surface area contributed by atoms with E-state index in [0.29, 0.717) is 17.8 Å². The summed E-state index contributed by atoms with van der Waals surface area (Å²) in [5.74, 6) is 6.20. The van der Waals surface area contributed by atoms with Crippen LogP contribution >= 0.6 is 0 Å². The minimum atomic E-state index is -0.279. The van der Waals surface area contributed by atoms with E-state index in [-0.39, 0.29) is 12.1 Å². The Morgan fingerprint density at radius 3 is 2.84 bits per heavy atom. The third-order valence-electron chi connectivity index (χ3n) is 4.95. The molecular weight excluding hydrogens is 388 g/mol. The summed E-state index contributed by atoms with van der Waals surface area (Å²) in [6.07, 6.45) is 5.84. The lowest BCUT2D eigenvalue weighted by atomic mass is 10.1. The molecule has 1 unspecified atom stereocenters. The molecule has 7 nitrogen and oxygen atoms in total.